The molecule has 0 saturated heterocycles. The quantitative estimate of drug-likeness (QED) is 0.512. The van der Waals surface area contributed by atoms with Crippen LogP contribution in [0.15, 0.2) is 0 Å². The van der Waals surface area contributed by atoms with Gasteiger partial charge in [-0.1, -0.05) is 33.6 Å². The average molecular weight is 166 g/mol. The molecule has 0 radical (unpaired) electrons. The van der Waals surface area contributed by atoms with Crippen LogP contribution >= 0.6 is 0 Å². The highest BCUT2D eigenvalue weighted by molar-refractivity contribution is 4.91. The van der Waals surface area contributed by atoms with Crippen molar-refractivity contribution in [2.24, 2.45) is 23.2 Å². The van der Waals surface area contributed by atoms with E-state index in [-0.39, 0.29) is 0 Å². The molecule has 0 N–H and O–H groups in total. The molecule has 0 spiro atoms. The van der Waals surface area contributed by atoms with Gasteiger partial charge in [0.2, 0.25) is 0 Å². The molecule has 0 aromatic carbocycles. The molecule has 0 heteroatoms. The van der Waals surface area contributed by atoms with Crippen LogP contribution in [0.4, 0.5) is 0 Å². The van der Waals surface area contributed by atoms with E-state index in [4.69, 9.17) is 0 Å². The normalized spacial score (nSPS) is 41.8. The summed E-state index contributed by atoms with van der Waals surface area (Å²) in [5.74, 6) is 3.21. The molecule has 0 aromatic heterocycles. The third-order valence-corrected chi connectivity index (χ3v) is 4.16. The Balaban J connectivity index is 2.09. The first kappa shape index (κ1) is 8.59. The second-order valence-electron chi connectivity index (χ2n) is 5.99. The fourth-order valence-corrected chi connectivity index (χ4v) is 3.44. The highest BCUT2D eigenvalue weighted by Crippen LogP contribution is 2.51. The summed E-state index contributed by atoms with van der Waals surface area (Å²) in [6.45, 7) is 7.29. The Morgan fingerprint density at radius 1 is 0.917 bits per heavy atom. The van der Waals surface area contributed by atoms with Gasteiger partial charge in [-0.25, -0.2) is 0 Å². The summed E-state index contributed by atoms with van der Waals surface area (Å²) in [7, 11) is 0. The van der Waals surface area contributed by atoms with Crippen molar-refractivity contribution in [3.63, 3.8) is 0 Å². The van der Waals surface area contributed by atoms with E-state index < -0.39 is 0 Å². The molecule has 0 heterocycles. The highest BCUT2D eigenvalue weighted by Gasteiger charge is 2.40. The molecule has 0 aliphatic heterocycles. The lowest BCUT2D eigenvalue weighted by molar-refractivity contribution is 0.0250. The molecule has 1 atom stereocenters. The molecule has 70 valence electrons. The van der Waals surface area contributed by atoms with Gasteiger partial charge in [0.1, 0.15) is 0 Å². The zero-order chi connectivity index (χ0) is 8.77. The van der Waals surface area contributed by atoms with Crippen LogP contribution in [0, 0.1) is 23.2 Å². The molecular formula is C12H22. The van der Waals surface area contributed by atoms with Crippen LogP contribution in [0.5, 0.6) is 0 Å². The molecule has 3 fully saturated rings. The number of hydrogen-bond donors (Lipinski definition) is 0. The summed E-state index contributed by atoms with van der Waals surface area (Å²) in [6.07, 6.45) is 7.68. The van der Waals surface area contributed by atoms with Crippen molar-refractivity contribution in [3.8, 4) is 0 Å². The topological polar surface area (TPSA) is 0 Å². The summed E-state index contributed by atoms with van der Waals surface area (Å²) in [5.41, 5.74) is 0.573. The fraction of sp³-hybridized carbons (Fsp3) is 1.00. The minimum absolute atomic E-state index is 0.573. The molecule has 12 heavy (non-hydrogen) atoms. The van der Waals surface area contributed by atoms with Crippen molar-refractivity contribution in [1.29, 1.82) is 0 Å². The lowest BCUT2D eigenvalue weighted by atomic mass is 9.57. The summed E-state index contributed by atoms with van der Waals surface area (Å²) >= 11 is 0. The highest BCUT2D eigenvalue weighted by atomic mass is 14.5. The van der Waals surface area contributed by atoms with E-state index >= 15 is 0 Å². The smallest absolute Gasteiger partial charge is 0.0334 e. The zero-order valence-electron chi connectivity index (χ0n) is 8.77. The second-order valence-corrected chi connectivity index (χ2v) is 5.99. The predicted molar refractivity (Wildman–Crippen MR) is 53.0 cm³/mol. The van der Waals surface area contributed by atoms with E-state index in [9.17, 15) is 0 Å². The number of rotatable bonds is 0. The molecule has 3 aliphatic rings. The lowest BCUT2D eigenvalue weighted by Gasteiger charge is -2.48. The van der Waals surface area contributed by atoms with E-state index in [0.29, 0.717) is 5.41 Å². The van der Waals surface area contributed by atoms with Crippen molar-refractivity contribution in [1.82, 2.24) is 0 Å². The third kappa shape index (κ3) is 1.41. The molecule has 0 aromatic rings. The standard InChI is InChI=1S/C12H22/c1-12(2,3)11-8-9-4-6-10(11)7-5-9/h9-11H,4-8H2,1-3H3. The summed E-state index contributed by atoms with van der Waals surface area (Å²) in [4.78, 5) is 0. The van der Waals surface area contributed by atoms with Gasteiger partial charge in [0, 0.05) is 0 Å². The van der Waals surface area contributed by atoms with Gasteiger partial charge < -0.3 is 0 Å². The Kier molecular flexibility index (Phi) is 1.97. The summed E-state index contributed by atoms with van der Waals surface area (Å²) < 4.78 is 0. The predicted octanol–water partition coefficient (Wildman–Crippen LogP) is 3.86. The maximum absolute atomic E-state index is 2.43. The first-order valence-electron chi connectivity index (χ1n) is 5.57. The monoisotopic (exact) mass is 166 g/mol. The van der Waals surface area contributed by atoms with Crippen molar-refractivity contribution in [2.45, 2.75) is 52.9 Å². The van der Waals surface area contributed by atoms with Crippen LogP contribution in [0.1, 0.15) is 52.9 Å². The maximum Gasteiger partial charge on any atom is -0.0334 e. The van der Waals surface area contributed by atoms with Gasteiger partial charge in [-0.15, -0.1) is 0 Å². The Morgan fingerprint density at radius 3 is 1.75 bits per heavy atom. The van der Waals surface area contributed by atoms with Gasteiger partial charge in [-0.2, -0.15) is 0 Å². The van der Waals surface area contributed by atoms with Crippen molar-refractivity contribution in [2.75, 3.05) is 0 Å². The average Bonchev–Trinajstić information content (AvgIpc) is 2.05. The minimum atomic E-state index is 0.573. The van der Waals surface area contributed by atoms with Gasteiger partial charge >= 0.3 is 0 Å². The molecule has 3 aliphatic carbocycles. The van der Waals surface area contributed by atoms with Gasteiger partial charge in [0.15, 0.2) is 0 Å². The Morgan fingerprint density at radius 2 is 1.50 bits per heavy atom. The number of fused-ring (bicyclic) bond motifs is 3. The van der Waals surface area contributed by atoms with Crippen LogP contribution in [-0.2, 0) is 0 Å². The Labute approximate surface area is 76.7 Å². The molecule has 1 unspecified atom stereocenters. The number of hydrogen-bond acceptors (Lipinski definition) is 0. The van der Waals surface area contributed by atoms with Crippen molar-refractivity contribution < 1.29 is 0 Å². The van der Waals surface area contributed by atoms with Gasteiger partial charge in [-0.05, 0) is 42.4 Å². The molecule has 3 rings (SSSR count). The summed E-state index contributed by atoms with van der Waals surface area (Å²) in [6, 6.07) is 0. The largest absolute Gasteiger partial charge is 0.0599 e. The Bertz CT molecular complexity index is 155. The van der Waals surface area contributed by atoms with Crippen LogP contribution < -0.4 is 0 Å². The van der Waals surface area contributed by atoms with Crippen molar-refractivity contribution >= 4 is 0 Å². The first-order valence-corrected chi connectivity index (χ1v) is 5.57. The van der Waals surface area contributed by atoms with E-state index in [0.717, 1.165) is 17.8 Å². The van der Waals surface area contributed by atoms with Crippen molar-refractivity contribution in [3.05, 3.63) is 0 Å². The van der Waals surface area contributed by atoms with E-state index in [1.54, 1.807) is 0 Å². The van der Waals surface area contributed by atoms with Crippen LogP contribution in [0.25, 0.3) is 0 Å². The molecule has 0 amide bonds. The van der Waals surface area contributed by atoms with E-state index in [1.807, 2.05) is 0 Å². The zero-order valence-corrected chi connectivity index (χ0v) is 8.77. The van der Waals surface area contributed by atoms with Crippen LogP contribution in [0.3, 0.4) is 0 Å². The Hall–Kier alpha value is 0. The van der Waals surface area contributed by atoms with E-state index in [2.05, 4.69) is 20.8 Å². The van der Waals surface area contributed by atoms with Crippen LogP contribution in [0.2, 0.25) is 0 Å². The van der Waals surface area contributed by atoms with Gasteiger partial charge in [0.25, 0.3) is 0 Å². The first-order chi connectivity index (χ1) is 5.57. The lowest BCUT2D eigenvalue weighted by Crippen LogP contribution is -2.38. The van der Waals surface area contributed by atoms with E-state index in [1.165, 1.54) is 32.1 Å². The second kappa shape index (κ2) is 2.75. The molecular weight excluding hydrogens is 144 g/mol. The maximum atomic E-state index is 2.43. The molecule has 2 bridgehead atoms. The minimum Gasteiger partial charge on any atom is -0.0599 e. The molecule has 3 saturated carbocycles. The molecule has 0 nitrogen and oxygen atoms in total. The van der Waals surface area contributed by atoms with Gasteiger partial charge in [-0.3, -0.25) is 0 Å². The van der Waals surface area contributed by atoms with Crippen LogP contribution in [-0.4, -0.2) is 0 Å². The summed E-state index contributed by atoms with van der Waals surface area (Å²) in [5, 5.41) is 0. The van der Waals surface area contributed by atoms with Gasteiger partial charge in [0.05, 0.1) is 0 Å². The fourth-order valence-electron chi connectivity index (χ4n) is 3.44. The third-order valence-electron chi connectivity index (χ3n) is 4.16. The SMILES string of the molecule is CC(C)(C)C1CC2CCC1CC2.